The summed E-state index contributed by atoms with van der Waals surface area (Å²) in [4.78, 5) is 28.3. The van der Waals surface area contributed by atoms with Crippen LogP contribution in [0.4, 0.5) is 5.69 Å². The summed E-state index contributed by atoms with van der Waals surface area (Å²) in [5, 5.41) is 3.10. The van der Waals surface area contributed by atoms with E-state index < -0.39 is 12.1 Å². The molecule has 3 aromatic rings. The van der Waals surface area contributed by atoms with Crippen LogP contribution in [0, 0.1) is 6.92 Å². The first kappa shape index (κ1) is 18.0. The maximum Gasteiger partial charge on any atom is 0.317 e. The predicted molar refractivity (Wildman–Crippen MR) is 100 cm³/mol. The molecule has 1 heterocycles. The summed E-state index contributed by atoms with van der Waals surface area (Å²) in [5.74, 6) is -0.882. The number of ether oxygens (including phenoxy) is 1. The second-order valence-electron chi connectivity index (χ2n) is 5.72. The molecular weight excluding hydrogens is 352 g/mol. The number of nitrogens with one attached hydrogen (secondary N) is 1. The van der Waals surface area contributed by atoms with Crippen LogP contribution < -0.4 is 5.32 Å². The Labute approximate surface area is 154 Å². The highest BCUT2D eigenvalue weighted by Crippen LogP contribution is 2.23. The number of oxazole rings is 1. The second kappa shape index (κ2) is 8.05. The Kier molecular flexibility index (Phi) is 5.58. The lowest BCUT2D eigenvalue weighted by Gasteiger charge is -2.13. The minimum atomic E-state index is -0.895. The van der Waals surface area contributed by atoms with E-state index in [1.807, 2.05) is 43.3 Å². The first-order valence-corrected chi connectivity index (χ1v) is 9.05. The van der Waals surface area contributed by atoms with E-state index in [9.17, 15) is 9.59 Å². The topological polar surface area (TPSA) is 81.4 Å². The molecule has 1 atom stereocenters. The summed E-state index contributed by atoms with van der Waals surface area (Å²) in [6, 6.07) is 14.7. The molecule has 0 aliphatic heterocycles. The second-order valence-corrected chi connectivity index (χ2v) is 6.65. The van der Waals surface area contributed by atoms with Crippen molar-refractivity contribution in [3.05, 3.63) is 54.1 Å². The zero-order chi connectivity index (χ0) is 18.5. The molecular formula is C19H18N2O4S. The van der Waals surface area contributed by atoms with Crippen LogP contribution in [0.15, 0.2) is 58.2 Å². The zero-order valence-corrected chi connectivity index (χ0v) is 15.2. The highest BCUT2D eigenvalue weighted by molar-refractivity contribution is 7.99. The molecule has 0 aliphatic carbocycles. The molecule has 0 saturated heterocycles. The summed E-state index contributed by atoms with van der Waals surface area (Å²) in [7, 11) is 0. The van der Waals surface area contributed by atoms with Crippen molar-refractivity contribution in [3.8, 4) is 0 Å². The Morgan fingerprint density at radius 1 is 1.19 bits per heavy atom. The smallest absolute Gasteiger partial charge is 0.317 e. The van der Waals surface area contributed by atoms with Gasteiger partial charge in [-0.2, -0.15) is 0 Å². The van der Waals surface area contributed by atoms with Gasteiger partial charge in [0.2, 0.25) is 0 Å². The quantitative estimate of drug-likeness (QED) is 0.525. The van der Waals surface area contributed by atoms with Gasteiger partial charge in [0.05, 0.1) is 0 Å². The average Bonchev–Trinajstić information content (AvgIpc) is 3.05. The molecule has 1 N–H and O–H groups in total. The Morgan fingerprint density at radius 2 is 1.92 bits per heavy atom. The number of hydrogen-bond donors (Lipinski definition) is 1. The van der Waals surface area contributed by atoms with Crippen LogP contribution in [-0.2, 0) is 14.3 Å². The minimum absolute atomic E-state index is 0.00890. The van der Waals surface area contributed by atoms with E-state index in [0.717, 1.165) is 22.8 Å². The molecule has 26 heavy (non-hydrogen) atoms. The molecule has 0 radical (unpaired) electrons. The van der Waals surface area contributed by atoms with Crippen LogP contribution in [-0.4, -0.2) is 28.7 Å². The lowest BCUT2D eigenvalue weighted by atomic mass is 10.2. The maximum atomic E-state index is 12.1. The van der Waals surface area contributed by atoms with Crippen LogP contribution >= 0.6 is 11.8 Å². The van der Waals surface area contributed by atoms with Gasteiger partial charge in [-0.25, -0.2) is 4.98 Å². The fourth-order valence-corrected chi connectivity index (χ4v) is 2.82. The highest BCUT2D eigenvalue weighted by Gasteiger charge is 2.19. The van der Waals surface area contributed by atoms with Gasteiger partial charge in [-0.3, -0.25) is 9.59 Å². The standard InChI is InChI=1S/C19H18N2O4S/c1-12-7-9-14(10-8-12)20-18(23)13(2)24-17(22)11-26-19-21-15-5-3-4-6-16(15)25-19/h3-10,13H,11H2,1-2H3,(H,20,23)/t13-/m0/s1. The Hall–Kier alpha value is -2.80. The zero-order valence-electron chi connectivity index (χ0n) is 14.4. The van der Waals surface area contributed by atoms with Gasteiger partial charge in [-0.05, 0) is 38.1 Å². The molecule has 7 heteroatoms. The monoisotopic (exact) mass is 370 g/mol. The fourth-order valence-electron chi connectivity index (χ4n) is 2.20. The van der Waals surface area contributed by atoms with Gasteiger partial charge in [0, 0.05) is 5.69 Å². The molecule has 0 spiro atoms. The molecule has 0 unspecified atom stereocenters. The number of fused-ring (bicyclic) bond motifs is 1. The van der Waals surface area contributed by atoms with Crippen molar-refractivity contribution in [1.82, 2.24) is 4.98 Å². The largest absolute Gasteiger partial charge is 0.452 e. The number of nitrogens with zero attached hydrogens (tertiary/aromatic N) is 1. The van der Waals surface area contributed by atoms with Crippen LogP contribution in [0.2, 0.25) is 0 Å². The molecule has 6 nitrogen and oxygen atoms in total. The number of para-hydroxylation sites is 2. The van der Waals surface area contributed by atoms with Crippen LogP contribution in [0.1, 0.15) is 12.5 Å². The van der Waals surface area contributed by atoms with Gasteiger partial charge in [0.15, 0.2) is 11.7 Å². The molecule has 3 rings (SSSR count). The summed E-state index contributed by atoms with van der Waals surface area (Å²) < 4.78 is 10.7. The van der Waals surface area contributed by atoms with Gasteiger partial charge < -0.3 is 14.5 Å². The van der Waals surface area contributed by atoms with Crippen molar-refractivity contribution in [2.45, 2.75) is 25.2 Å². The van der Waals surface area contributed by atoms with Crippen molar-refractivity contribution in [2.24, 2.45) is 0 Å². The minimum Gasteiger partial charge on any atom is -0.452 e. The van der Waals surface area contributed by atoms with Gasteiger partial charge in [-0.1, -0.05) is 41.6 Å². The van der Waals surface area contributed by atoms with Crippen molar-refractivity contribution < 1.29 is 18.7 Å². The van der Waals surface area contributed by atoms with Gasteiger partial charge in [0.1, 0.15) is 11.3 Å². The number of benzene rings is 2. The van der Waals surface area contributed by atoms with Crippen molar-refractivity contribution >= 4 is 40.4 Å². The van der Waals surface area contributed by atoms with E-state index in [-0.39, 0.29) is 11.7 Å². The van der Waals surface area contributed by atoms with Crippen molar-refractivity contribution in [1.29, 1.82) is 0 Å². The van der Waals surface area contributed by atoms with E-state index in [4.69, 9.17) is 9.15 Å². The number of carbonyl (C=O) groups is 2. The van der Waals surface area contributed by atoms with Gasteiger partial charge >= 0.3 is 5.97 Å². The molecule has 2 aromatic carbocycles. The third kappa shape index (κ3) is 4.64. The van der Waals surface area contributed by atoms with Crippen LogP contribution in [0.5, 0.6) is 0 Å². The fraction of sp³-hybridized carbons (Fsp3) is 0.211. The summed E-state index contributed by atoms with van der Waals surface area (Å²) in [6.45, 7) is 3.50. The predicted octanol–water partition coefficient (Wildman–Crippen LogP) is 3.80. The number of thioether (sulfide) groups is 1. The van der Waals surface area contributed by atoms with Crippen molar-refractivity contribution in [2.75, 3.05) is 11.1 Å². The number of aryl methyl sites for hydroxylation is 1. The number of esters is 1. The number of carbonyl (C=O) groups excluding carboxylic acids is 2. The maximum absolute atomic E-state index is 12.1. The lowest BCUT2D eigenvalue weighted by Crippen LogP contribution is -2.30. The Morgan fingerprint density at radius 3 is 2.65 bits per heavy atom. The van der Waals surface area contributed by atoms with Crippen LogP contribution in [0.25, 0.3) is 11.1 Å². The first-order valence-electron chi connectivity index (χ1n) is 8.06. The van der Waals surface area contributed by atoms with E-state index in [1.54, 1.807) is 12.1 Å². The SMILES string of the molecule is Cc1ccc(NC(=O)[C@H](C)OC(=O)CSc2nc3ccccc3o2)cc1. The molecule has 0 saturated carbocycles. The van der Waals surface area contributed by atoms with Gasteiger partial charge in [0.25, 0.3) is 11.1 Å². The third-order valence-electron chi connectivity index (χ3n) is 3.58. The normalized spacial score (nSPS) is 11.9. The molecule has 1 aromatic heterocycles. The van der Waals surface area contributed by atoms with E-state index in [2.05, 4.69) is 10.3 Å². The summed E-state index contributed by atoms with van der Waals surface area (Å²) >= 11 is 1.13. The molecule has 0 bridgehead atoms. The average molecular weight is 370 g/mol. The number of rotatable bonds is 6. The highest BCUT2D eigenvalue weighted by atomic mass is 32.2. The number of amides is 1. The number of hydrogen-bond acceptors (Lipinski definition) is 6. The van der Waals surface area contributed by atoms with Crippen molar-refractivity contribution in [3.63, 3.8) is 0 Å². The van der Waals surface area contributed by atoms with Gasteiger partial charge in [-0.15, -0.1) is 0 Å². The number of aromatic nitrogens is 1. The van der Waals surface area contributed by atoms with E-state index >= 15 is 0 Å². The Balaban J connectivity index is 1.48. The van der Waals surface area contributed by atoms with E-state index in [0.29, 0.717) is 16.5 Å². The third-order valence-corrected chi connectivity index (χ3v) is 4.39. The summed E-state index contributed by atoms with van der Waals surface area (Å²) in [6.07, 6.45) is -0.895. The molecule has 0 fully saturated rings. The van der Waals surface area contributed by atoms with Crippen LogP contribution in [0.3, 0.4) is 0 Å². The molecule has 0 aliphatic rings. The lowest BCUT2D eigenvalue weighted by molar-refractivity contribution is -0.150. The molecule has 134 valence electrons. The first-order chi connectivity index (χ1) is 12.5. The number of anilines is 1. The van der Waals surface area contributed by atoms with E-state index in [1.165, 1.54) is 6.92 Å². The Bertz CT molecular complexity index is 888. The summed E-state index contributed by atoms with van der Waals surface area (Å²) in [5.41, 5.74) is 3.14. The molecule has 1 amide bonds.